The van der Waals surface area contributed by atoms with Gasteiger partial charge in [-0.05, 0) is 32.1 Å². The summed E-state index contributed by atoms with van der Waals surface area (Å²) in [6, 6.07) is 6.48. The van der Waals surface area contributed by atoms with Crippen molar-refractivity contribution in [2.24, 2.45) is 0 Å². The van der Waals surface area contributed by atoms with Crippen molar-refractivity contribution in [1.82, 2.24) is 9.97 Å². The van der Waals surface area contributed by atoms with Gasteiger partial charge in [-0.1, -0.05) is 23.8 Å². The molecule has 17 heavy (non-hydrogen) atoms. The summed E-state index contributed by atoms with van der Waals surface area (Å²) < 4.78 is 0. The Bertz CT molecular complexity index is 529. The van der Waals surface area contributed by atoms with Crippen LogP contribution in [0, 0.1) is 20.8 Å². The molecule has 0 atom stereocenters. The highest BCUT2D eigenvalue weighted by Gasteiger charge is 2.10. The molecule has 0 unspecified atom stereocenters. The molecular weight excluding hydrogens is 228 g/mol. The molecule has 1 aromatic heterocycles. The number of H-pyrrole nitrogens is 1. The van der Waals surface area contributed by atoms with Crippen molar-refractivity contribution in [2.75, 3.05) is 5.75 Å². The monoisotopic (exact) mass is 246 g/mol. The second-order valence-electron chi connectivity index (χ2n) is 4.45. The molecule has 2 nitrogen and oxygen atoms in total. The number of imidazole rings is 1. The molecule has 0 aliphatic rings. The Balaban J connectivity index is 2.45. The number of hydrogen-bond donors (Lipinski definition) is 2. The van der Waals surface area contributed by atoms with Crippen molar-refractivity contribution in [1.29, 1.82) is 0 Å². The van der Waals surface area contributed by atoms with Crippen LogP contribution in [0.1, 0.15) is 22.6 Å². The van der Waals surface area contributed by atoms with E-state index in [1.54, 1.807) is 0 Å². The van der Waals surface area contributed by atoms with Gasteiger partial charge in [0.25, 0.3) is 0 Å². The van der Waals surface area contributed by atoms with Crippen molar-refractivity contribution in [2.45, 2.75) is 27.2 Å². The number of nitrogens with one attached hydrogen (secondary N) is 1. The van der Waals surface area contributed by atoms with Crippen LogP contribution >= 0.6 is 12.6 Å². The highest BCUT2D eigenvalue weighted by atomic mass is 32.1. The van der Waals surface area contributed by atoms with Gasteiger partial charge in [-0.2, -0.15) is 12.6 Å². The lowest BCUT2D eigenvalue weighted by atomic mass is 10.0. The van der Waals surface area contributed by atoms with E-state index in [9.17, 15) is 0 Å². The topological polar surface area (TPSA) is 28.7 Å². The molecule has 1 heterocycles. The van der Waals surface area contributed by atoms with Gasteiger partial charge in [0, 0.05) is 17.7 Å². The average molecular weight is 246 g/mol. The summed E-state index contributed by atoms with van der Waals surface area (Å²) in [4.78, 5) is 7.98. The number of aryl methyl sites for hydroxylation is 4. The molecule has 90 valence electrons. The molecular formula is C14H18N2S. The third kappa shape index (κ3) is 2.55. The lowest BCUT2D eigenvalue weighted by Crippen LogP contribution is -1.89. The van der Waals surface area contributed by atoms with E-state index >= 15 is 0 Å². The van der Waals surface area contributed by atoms with Gasteiger partial charge >= 0.3 is 0 Å². The average Bonchev–Trinajstić information content (AvgIpc) is 2.60. The zero-order chi connectivity index (χ0) is 12.4. The van der Waals surface area contributed by atoms with Gasteiger partial charge in [0.2, 0.25) is 0 Å². The van der Waals surface area contributed by atoms with Crippen molar-refractivity contribution in [3.05, 3.63) is 40.8 Å². The fraction of sp³-hybridized carbons (Fsp3) is 0.357. The standard InChI is InChI=1S/C14H18N2S/c1-9-4-5-12(10(2)8-9)14-11(3)15-13(16-14)6-7-17/h4-5,8,17H,6-7H2,1-3H3,(H,15,16). The number of thiol groups is 1. The maximum absolute atomic E-state index is 4.66. The van der Waals surface area contributed by atoms with Crippen LogP contribution in [0.15, 0.2) is 18.2 Å². The fourth-order valence-corrected chi connectivity index (χ4v) is 2.30. The highest BCUT2D eigenvalue weighted by molar-refractivity contribution is 7.80. The summed E-state index contributed by atoms with van der Waals surface area (Å²) in [6.45, 7) is 6.32. The minimum atomic E-state index is 0.819. The third-order valence-electron chi connectivity index (χ3n) is 2.92. The zero-order valence-electron chi connectivity index (χ0n) is 10.5. The summed E-state index contributed by atoms with van der Waals surface area (Å²) in [5, 5.41) is 0. The number of benzene rings is 1. The van der Waals surface area contributed by atoms with Crippen molar-refractivity contribution >= 4 is 12.6 Å². The van der Waals surface area contributed by atoms with E-state index in [-0.39, 0.29) is 0 Å². The van der Waals surface area contributed by atoms with Gasteiger partial charge in [-0.15, -0.1) is 0 Å². The van der Waals surface area contributed by atoms with Gasteiger partial charge in [0.05, 0.1) is 5.69 Å². The van der Waals surface area contributed by atoms with Gasteiger partial charge in [-0.25, -0.2) is 4.98 Å². The van der Waals surface area contributed by atoms with E-state index in [0.29, 0.717) is 0 Å². The van der Waals surface area contributed by atoms with Gasteiger partial charge in [0.1, 0.15) is 5.82 Å². The molecule has 0 saturated carbocycles. The first-order valence-electron chi connectivity index (χ1n) is 5.86. The maximum atomic E-state index is 4.66. The molecule has 0 fully saturated rings. The maximum Gasteiger partial charge on any atom is 0.107 e. The first-order valence-corrected chi connectivity index (χ1v) is 6.49. The van der Waals surface area contributed by atoms with Crippen LogP contribution in [0.4, 0.5) is 0 Å². The van der Waals surface area contributed by atoms with Crippen LogP contribution in [0.25, 0.3) is 11.3 Å². The van der Waals surface area contributed by atoms with E-state index in [4.69, 9.17) is 0 Å². The quantitative estimate of drug-likeness (QED) is 0.798. The smallest absolute Gasteiger partial charge is 0.107 e. The molecule has 0 bridgehead atoms. The summed E-state index contributed by atoms with van der Waals surface area (Å²) in [5.74, 6) is 1.84. The Morgan fingerprint density at radius 1 is 1.24 bits per heavy atom. The summed E-state index contributed by atoms with van der Waals surface area (Å²) in [5.41, 5.74) is 5.98. The molecule has 2 aromatic rings. The zero-order valence-corrected chi connectivity index (χ0v) is 11.4. The third-order valence-corrected chi connectivity index (χ3v) is 3.14. The van der Waals surface area contributed by atoms with Crippen LogP contribution in [0.3, 0.4) is 0 Å². The van der Waals surface area contributed by atoms with E-state index in [1.165, 1.54) is 16.7 Å². The number of aromatic amines is 1. The second-order valence-corrected chi connectivity index (χ2v) is 4.90. The minimum Gasteiger partial charge on any atom is -0.346 e. The van der Waals surface area contributed by atoms with E-state index in [0.717, 1.165) is 29.4 Å². The largest absolute Gasteiger partial charge is 0.346 e. The normalized spacial score (nSPS) is 10.8. The molecule has 2 rings (SSSR count). The van der Waals surface area contributed by atoms with Crippen molar-refractivity contribution < 1.29 is 0 Å². The predicted molar refractivity (Wildman–Crippen MR) is 75.8 cm³/mol. The Morgan fingerprint density at radius 2 is 2.00 bits per heavy atom. The Labute approximate surface area is 108 Å². The Morgan fingerprint density at radius 3 is 2.65 bits per heavy atom. The molecule has 0 aliphatic heterocycles. The fourth-order valence-electron chi connectivity index (χ4n) is 2.09. The van der Waals surface area contributed by atoms with Crippen LogP contribution in [0.2, 0.25) is 0 Å². The van der Waals surface area contributed by atoms with E-state index in [1.807, 2.05) is 0 Å². The number of nitrogens with zero attached hydrogens (tertiary/aromatic N) is 1. The second kappa shape index (κ2) is 4.96. The van der Waals surface area contributed by atoms with E-state index in [2.05, 4.69) is 61.6 Å². The molecule has 0 spiro atoms. The molecule has 0 amide bonds. The Kier molecular flexibility index (Phi) is 3.57. The first kappa shape index (κ1) is 12.2. The summed E-state index contributed by atoms with van der Waals surface area (Å²) in [6.07, 6.45) is 0.884. The first-order chi connectivity index (χ1) is 8.11. The summed E-state index contributed by atoms with van der Waals surface area (Å²) >= 11 is 4.24. The predicted octanol–water partition coefficient (Wildman–Crippen LogP) is 3.47. The van der Waals surface area contributed by atoms with Crippen molar-refractivity contribution in [3.63, 3.8) is 0 Å². The van der Waals surface area contributed by atoms with Gasteiger partial charge < -0.3 is 4.98 Å². The molecule has 1 aromatic carbocycles. The lowest BCUT2D eigenvalue weighted by Gasteiger charge is -2.04. The highest BCUT2D eigenvalue weighted by Crippen LogP contribution is 2.25. The van der Waals surface area contributed by atoms with Crippen molar-refractivity contribution in [3.8, 4) is 11.3 Å². The molecule has 0 radical (unpaired) electrons. The van der Waals surface area contributed by atoms with Crippen LogP contribution < -0.4 is 0 Å². The molecule has 1 N–H and O–H groups in total. The number of hydrogen-bond acceptors (Lipinski definition) is 2. The molecule has 0 saturated heterocycles. The van der Waals surface area contributed by atoms with Gasteiger partial charge in [0.15, 0.2) is 0 Å². The number of rotatable bonds is 3. The molecule has 3 heteroatoms. The van der Waals surface area contributed by atoms with E-state index < -0.39 is 0 Å². The van der Waals surface area contributed by atoms with Crippen LogP contribution in [0.5, 0.6) is 0 Å². The SMILES string of the molecule is Cc1ccc(-c2nc(CCS)[nH]c2C)c(C)c1. The summed E-state index contributed by atoms with van der Waals surface area (Å²) in [7, 11) is 0. The van der Waals surface area contributed by atoms with Gasteiger partial charge in [-0.3, -0.25) is 0 Å². The number of aromatic nitrogens is 2. The minimum absolute atomic E-state index is 0.819. The van der Waals surface area contributed by atoms with Crippen LogP contribution in [-0.2, 0) is 6.42 Å². The molecule has 0 aliphatic carbocycles. The van der Waals surface area contributed by atoms with Crippen LogP contribution in [-0.4, -0.2) is 15.7 Å². The lowest BCUT2D eigenvalue weighted by molar-refractivity contribution is 0.995. The Hall–Kier alpha value is -1.22.